The Labute approximate surface area is 146 Å². The smallest absolute Gasteiger partial charge is 0.243 e. The van der Waals surface area contributed by atoms with Gasteiger partial charge in [-0.1, -0.05) is 0 Å². The van der Waals surface area contributed by atoms with Crippen molar-refractivity contribution in [1.29, 1.82) is 5.26 Å². The topological polar surface area (TPSA) is 92.5 Å². The number of ether oxygens (including phenoxy) is 2. The molecule has 1 aromatic heterocycles. The maximum absolute atomic E-state index is 12.7. The summed E-state index contributed by atoms with van der Waals surface area (Å²) in [6.45, 7) is 0.615. The van der Waals surface area contributed by atoms with Gasteiger partial charge in [-0.15, -0.1) is 0 Å². The summed E-state index contributed by atoms with van der Waals surface area (Å²) in [4.78, 5) is 4.28. The van der Waals surface area contributed by atoms with E-state index in [1.165, 1.54) is 29.7 Å². The second-order valence-corrected chi connectivity index (χ2v) is 7.50. The Morgan fingerprint density at radius 2 is 2.04 bits per heavy atom. The molecule has 0 saturated carbocycles. The number of nitriles is 1. The molecule has 0 bridgehead atoms. The molecule has 1 unspecified atom stereocenters. The van der Waals surface area contributed by atoms with Crippen LogP contribution in [0.5, 0.6) is 11.6 Å². The zero-order valence-corrected chi connectivity index (χ0v) is 14.4. The van der Waals surface area contributed by atoms with Crippen LogP contribution in [-0.2, 0) is 10.0 Å². The molecular weight excluding hydrogens is 342 g/mol. The summed E-state index contributed by atoms with van der Waals surface area (Å²) in [7, 11) is -2.05. The van der Waals surface area contributed by atoms with Crippen molar-refractivity contribution in [3.8, 4) is 17.7 Å². The van der Waals surface area contributed by atoms with Gasteiger partial charge < -0.3 is 9.47 Å². The van der Waals surface area contributed by atoms with E-state index in [4.69, 9.17) is 14.7 Å². The van der Waals surface area contributed by atoms with E-state index in [-0.39, 0.29) is 17.5 Å². The highest BCUT2D eigenvalue weighted by molar-refractivity contribution is 7.89. The number of nitrogens with zero attached hydrogens (tertiary/aromatic N) is 3. The first-order valence-electron chi connectivity index (χ1n) is 7.70. The maximum atomic E-state index is 12.7. The van der Waals surface area contributed by atoms with Crippen molar-refractivity contribution in [3.05, 3.63) is 48.2 Å². The van der Waals surface area contributed by atoms with Crippen LogP contribution in [-0.4, -0.2) is 44.0 Å². The van der Waals surface area contributed by atoms with Crippen LogP contribution in [0, 0.1) is 11.3 Å². The van der Waals surface area contributed by atoms with Crippen LogP contribution in [0.15, 0.2) is 47.5 Å². The van der Waals surface area contributed by atoms with Gasteiger partial charge in [0.05, 0.1) is 30.2 Å². The second kappa shape index (κ2) is 7.09. The van der Waals surface area contributed by atoms with Gasteiger partial charge in [-0.3, -0.25) is 0 Å². The lowest BCUT2D eigenvalue weighted by Gasteiger charge is -2.17. The summed E-state index contributed by atoms with van der Waals surface area (Å²) in [5, 5.41) is 8.91. The zero-order valence-electron chi connectivity index (χ0n) is 13.6. The van der Waals surface area contributed by atoms with Crippen LogP contribution in [0.1, 0.15) is 12.0 Å². The molecule has 0 radical (unpaired) electrons. The highest BCUT2D eigenvalue weighted by Gasteiger charge is 2.33. The molecule has 1 saturated heterocycles. The lowest BCUT2D eigenvalue weighted by Crippen LogP contribution is -2.31. The number of hydrogen-bond acceptors (Lipinski definition) is 6. The van der Waals surface area contributed by atoms with E-state index in [2.05, 4.69) is 4.98 Å². The Bertz CT molecular complexity index is 891. The second-order valence-electron chi connectivity index (χ2n) is 5.56. The molecule has 1 aliphatic heterocycles. The van der Waals surface area contributed by atoms with Gasteiger partial charge >= 0.3 is 0 Å². The fraction of sp³-hybridized carbons (Fsp3) is 0.294. The third kappa shape index (κ3) is 3.73. The van der Waals surface area contributed by atoms with Crippen molar-refractivity contribution in [2.75, 3.05) is 20.2 Å². The minimum Gasteiger partial charge on any atom is -0.497 e. The van der Waals surface area contributed by atoms with Crippen LogP contribution in [0.2, 0.25) is 0 Å². The summed E-state index contributed by atoms with van der Waals surface area (Å²) >= 11 is 0. The molecule has 1 fully saturated rings. The van der Waals surface area contributed by atoms with Gasteiger partial charge in [0.25, 0.3) is 0 Å². The number of sulfonamides is 1. The van der Waals surface area contributed by atoms with Gasteiger partial charge in [0.2, 0.25) is 15.9 Å². The van der Waals surface area contributed by atoms with E-state index >= 15 is 0 Å². The Hall–Kier alpha value is -2.63. The summed E-state index contributed by atoms with van der Waals surface area (Å²) in [5.74, 6) is 0.928. The zero-order chi connectivity index (χ0) is 17.9. The summed E-state index contributed by atoms with van der Waals surface area (Å²) < 4.78 is 37.6. The summed E-state index contributed by atoms with van der Waals surface area (Å²) in [5.41, 5.74) is 0.450. The molecule has 0 spiro atoms. The molecule has 1 aliphatic rings. The lowest BCUT2D eigenvalue weighted by molar-refractivity contribution is 0.207. The number of pyridine rings is 1. The van der Waals surface area contributed by atoms with Gasteiger partial charge in [-0.2, -0.15) is 9.57 Å². The molecule has 1 atom stereocenters. The molecule has 2 heterocycles. The highest BCUT2D eigenvalue weighted by Crippen LogP contribution is 2.25. The van der Waals surface area contributed by atoms with Crippen molar-refractivity contribution < 1.29 is 17.9 Å². The van der Waals surface area contributed by atoms with E-state index in [0.717, 1.165) is 0 Å². The molecule has 2 aromatic rings. The van der Waals surface area contributed by atoms with Gasteiger partial charge in [0, 0.05) is 18.8 Å². The molecule has 0 amide bonds. The van der Waals surface area contributed by atoms with Crippen LogP contribution < -0.4 is 9.47 Å². The standard InChI is InChI=1S/C17H17N3O4S/c1-23-14-2-4-16(5-3-14)25(21,22)20-9-7-15(12-20)24-17-10-13(11-18)6-8-19-17/h2-6,8,10,15H,7,9,12H2,1H3. The van der Waals surface area contributed by atoms with Crippen molar-refractivity contribution in [2.45, 2.75) is 17.4 Å². The molecule has 0 aliphatic carbocycles. The van der Waals surface area contributed by atoms with E-state index in [1.807, 2.05) is 6.07 Å². The Balaban J connectivity index is 1.69. The Morgan fingerprint density at radius 1 is 1.28 bits per heavy atom. The number of rotatable bonds is 5. The molecule has 130 valence electrons. The van der Waals surface area contributed by atoms with E-state index < -0.39 is 10.0 Å². The number of benzene rings is 1. The average Bonchev–Trinajstić information content (AvgIpc) is 3.11. The number of aromatic nitrogens is 1. The third-order valence-electron chi connectivity index (χ3n) is 3.96. The van der Waals surface area contributed by atoms with E-state index in [1.54, 1.807) is 24.3 Å². The Morgan fingerprint density at radius 3 is 2.72 bits per heavy atom. The molecule has 1 aromatic carbocycles. The number of hydrogen-bond donors (Lipinski definition) is 0. The van der Waals surface area contributed by atoms with Crippen molar-refractivity contribution >= 4 is 10.0 Å². The SMILES string of the molecule is COc1ccc(S(=O)(=O)N2CCC(Oc3cc(C#N)ccn3)C2)cc1. The fourth-order valence-electron chi connectivity index (χ4n) is 2.62. The molecule has 0 N–H and O–H groups in total. The Kier molecular flexibility index (Phi) is 4.88. The van der Waals surface area contributed by atoms with Crippen LogP contribution >= 0.6 is 0 Å². The summed E-state index contributed by atoms with van der Waals surface area (Å²) in [6, 6.07) is 11.4. The fourth-order valence-corrected chi connectivity index (χ4v) is 4.11. The van der Waals surface area contributed by atoms with Gasteiger partial charge in [-0.25, -0.2) is 13.4 Å². The molecule has 7 nitrogen and oxygen atoms in total. The van der Waals surface area contributed by atoms with Gasteiger partial charge in [0.15, 0.2) is 0 Å². The van der Waals surface area contributed by atoms with Crippen LogP contribution in [0.25, 0.3) is 0 Å². The first-order chi connectivity index (χ1) is 12.0. The quantitative estimate of drug-likeness (QED) is 0.808. The predicted octanol–water partition coefficient (Wildman–Crippen LogP) is 1.80. The first kappa shape index (κ1) is 17.2. The third-order valence-corrected chi connectivity index (χ3v) is 5.84. The van der Waals surface area contributed by atoms with Gasteiger partial charge in [-0.05, 0) is 36.8 Å². The number of methoxy groups -OCH3 is 1. The maximum Gasteiger partial charge on any atom is 0.243 e. The monoisotopic (exact) mass is 359 g/mol. The average molecular weight is 359 g/mol. The normalized spacial score (nSPS) is 17.8. The van der Waals surface area contributed by atoms with Crippen molar-refractivity contribution in [1.82, 2.24) is 9.29 Å². The van der Waals surface area contributed by atoms with E-state index in [9.17, 15) is 8.42 Å². The van der Waals surface area contributed by atoms with Gasteiger partial charge in [0.1, 0.15) is 11.9 Å². The largest absolute Gasteiger partial charge is 0.497 e. The minimum absolute atomic E-state index is 0.221. The molecular formula is C17H17N3O4S. The first-order valence-corrected chi connectivity index (χ1v) is 9.14. The van der Waals surface area contributed by atoms with E-state index in [0.29, 0.717) is 30.2 Å². The van der Waals surface area contributed by atoms with Crippen molar-refractivity contribution in [2.24, 2.45) is 0 Å². The minimum atomic E-state index is -3.58. The van der Waals surface area contributed by atoms with Crippen LogP contribution in [0.3, 0.4) is 0 Å². The molecule has 3 rings (SSSR count). The van der Waals surface area contributed by atoms with Crippen molar-refractivity contribution in [3.63, 3.8) is 0 Å². The lowest BCUT2D eigenvalue weighted by atomic mass is 10.3. The summed E-state index contributed by atoms with van der Waals surface area (Å²) in [6.07, 6.45) is 1.76. The molecule has 8 heteroatoms. The predicted molar refractivity (Wildman–Crippen MR) is 89.7 cm³/mol. The highest BCUT2D eigenvalue weighted by atomic mass is 32.2. The van der Waals surface area contributed by atoms with Crippen LogP contribution in [0.4, 0.5) is 0 Å². The molecule has 25 heavy (non-hydrogen) atoms.